The Kier molecular flexibility index (Phi) is 7.54. The van der Waals surface area contributed by atoms with Gasteiger partial charge in [0.1, 0.15) is 6.54 Å². The van der Waals surface area contributed by atoms with Gasteiger partial charge in [-0.15, -0.1) is 11.8 Å². The molecule has 7 nitrogen and oxygen atoms in total. The zero-order valence-electron chi connectivity index (χ0n) is 19.9. The van der Waals surface area contributed by atoms with Crippen LogP contribution in [0.4, 0.5) is 23.7 Å². The molecule has 2 saturated heterocycles. The van der Waals surface area contributed by atoms with Gasteiger partial charge in [-0.05, 0) is 36.8 Å². The third-order valence-electron chi connectivity index (χ3n) is 6.73. The van der Waals surface area contributed by atoms with Crippen molar-refractivity contribution in [3.05, 3.63) is 29.8 Å². The number of benzene rings is 1. The molecule has 0 spiro atoms. The normalized spacial score (nSPS) is 23.7. The third-order valence-corrected chi connectivity index (χ3v) is 8.19. The van der Waals surface area contributed by atoms with Crippen LogP contribution in [-0.2, 0) is 16.1 Å². The van der Waals surface area contributed by atoms with E-state index in [1.807, 2.05) is 38.1 Å². The smallest absolute Gasteiger partial charge is 0.342 e. The number of carbonyl (C=O) groups is 3. The number of likely N-dealkylation sites (tertiary alicyclic amines) is 1. The number of hydrogen-bond donors (Lipinski definition) is 1. The second kappa shape index (κ2) is 10.3. The number of anilines is 1. The Hall–Kier alpha value is -2.43. The topological polar surface area (TPSA) is 73.0 Å². The van der Waals surface area contributed by atoms with Gasteiger partial charge >= 0.3 is 12.2 Å². The summed E-state index contributed by atoms with van der Waals surface area (Å²) in [7, 11) is 0. The van der Waals surface area contributed by atoms with Crippen LogP contribution in [0.25, 0.3) is 0 Å². The number of amides is 4. The monoisotopic (exact) mass is 512 g/mol. The van der Waals surface area contributed by atoms with Gasteiger partial charge in [0.15, 0.2) is 0 Å². The standard InChI is InChI=1S/C24H31F3N4O3S/c1-15(2)11-21-31(14-24(25,26)27)22(33)19(35-21)12-20(32)29-9-7-17(8-10-29)30-13-16-5-3-4-6-18(16)28-23(30)34/h3-6,15,17,19,21H,7-14H2,1-2H3,(H,28,34). The van der Waals surface area contributed by atoms with Gasteiger partial charge in [0.05, 0.1) is 10.6 Å². The Morgan fingerprint density at radius 2 is 1.86 bits per heavy atom. The van der Waals surface area contributed by atoms with E-state index in [1.54, 1.807) is 9.80 Å². The van der Waals surface area contributed by atoms with Gasteiger partial charge in [-0.2, -0.15) is 13.2 Å². The summed E-state index contributed by atoms with van der Waals surface area (Å²) in [5, 5.41) is 1.54. The SMILES string of the molecule is CC(C)CC1SC(CC(=O)N2CCC(N3Cc4ccccc4NC3=O)CC2)C(=O)N1CC(F)(F)F. The lowest BCUT2D eigenvalue weighted by Gasteiger charge is -2.40. The predicted octanol–water partition coefficient (Wildman–Crippen LogP) is 4.29. The summed E-state index contributed by atoms with van der Waals surface area (Å²) in [5.41, 5.74) is 1.86. The maximum atomic E-state index is 13.1. The first-order valence-corrected chi connectivity index (χ1v) is 12.9. The van der Waals surface area contributed by atoms with E-state index in [2.05, 4.69) is 5.32 Å². The van der Waals surface area contributed by atoms with Crippen LogP contribution in [0.5, 0.6) is 0 Å². The van der Waals surface area contributed by atoms with Gasteiger partial charge in [-0.3, -0.25) is 9.59 Å². The molecule has 11 heteroatoms. The molecule has 3 aliphatic heterocycles. The molecule has 1 aromatic carbocycles. The van der Waals surface area contributed by atoms with Gasteiger partial charge in [0, 0.05) is 37.8 Å². The Morgan fingerprint density at radius 1 is 1.17 bits per heavy atom. The molecule has 4 amide bonds. The average Bonchev–Trinajstić information content (AvgIpc) is 3.05. The first-order chi connectivity index (χ1) is 16.5. The lowest BCUT2D eigenvalue weighted by molar-refractivity contribution is -0.161. The van der Waals surface area contributed by atoms with Crippen LogP contribution in [0.3, 0.4) is 0 Å². The fourth-order valence-electron chi connectivity index (χ4n) is 4.97. The Bertz CT molecular complexity index is 966. The minimum absolute atomic E-state index is 0.00686. The quantitative estimate of drug-likeness (QED) is 0.617. The second-order valence-corrected chi connectivity index (χ2v) is 11.2. The van der Waals surface area contributed by atoms with Crippen molar-refractivity contribution < 1.29 is 27.6 Å². The molecule has 2 atom stereocenters. The third kappa shape index (κ3) is 6.05. The number of piperidine rings is 1. The highest BCUT2D eigenvalue weighted by Crippen LogP contribution is 2.39. The molecule has 35 heavy (non-hydrogen) atoms. The van der Waals surface area contributed by atoms with Crippen LogP contribution < -0.4 is 5.32 Å². The molecule has 1 N–H and O–H groups in total. The van der Waals surface area contributed by atoms with E-state index in [-0.39, 0.29) is 30.3 Å². The number of urea groups is 1. The van der Waals surface area contributed by atoms with Crippen molar-refractivity contribution in [3.8, 4) is 0 Å². The van der Waals surface area contributed by atoms with Gasteiger partial charge in [0.25, 0.3) is 0 Å². The summed E-state index contributed by atoms with van der Waals surface area (Å²) in [6.07, 6.45) is -2.90. The molecule has 1 aromatic rings. The zero-order valence-corrected chi connectivity index (χ0v) is 20.7. The Labute approximate surface area is 207 Å². The number of para-hydroxylation sites is 1. The molecule has 192 valence electrons. The number of fused-ring (bicyclic) bond motifs is 1. The van der Waals surface area contributed by atoms with E-state index >= 15 is 0 Å². The minimum Gasteiger partial charge on any atom is -0.342 e. The highest BCUT2D eigenvalue weighted by atomic mass is 32.2. The van der Waals surface area contributed by atoms with Crippen LogP contribution in [-0.4, -0.2) is 75.0 Å². The van der Waals surface area contributed by atoms with Crippen molar-refractivity contribution in [3.63, 3.8) is 0 Å². The summed E-state index contributed by atoms with van der Waals surface area (Å²) < 4.78 is 39.2. The number of carbonyl (C=O) groups excluding carboxylic acids is 3. The summed E-state index contributed by atoms with van der Waals surface area (Å²) in [6, 6.07) is 7.50. The number of hydrogen-bond acceptors (Lipinski definition) is 4. The molecule has 4 rings (SSSR count). The van der Waals surface area contributed by atoms with Crippen LogP contribution >= 0.6 is 11.8 Å². The summed E-state index contributed by atoms with van der Waals surface area (Å²) in [6.45, 7) is 3.93. The van der Waals surface area contributed by atoms with Crippen LogP contribution in [0.2, 0.25) is 0 Å². The first-order valence-electron chi connectivity index (χ1n) is 12.0. The number of halogens is 3. The van der Waals surface area contributed by atoms with E-state index in [4.69, 9.17) is 0 Å². The molecule has 0 aliphatic carbocycles. The number of nitrogens with one attached hydrogen (secondary N) is 1. The lowest BCUT2D eigenvalue weighted by Crippen LogP contribution is -2.51. The molecule has 0 aromatic heterocycles. The molecule has 2 unspecified atom stereocenters. The largest absolute Gasteiger partial charge is 0.406 e. The first kappa shape index (κ1) is 25.7. The molecular formula is C24H31F3N4O3S. The molecule has 0 saturated carbocycles. The minimum atomic E-state index is -4.48. The molecular weight excluding hydrogens is 481 g/mol. The molecule has 3 aliphatic rings. The Morgan fingerprint density at radius 3 is 2.51 bits per heavy atom. The van der Waals surface area contributed by atoms with E-state index in [1.165, 1.54) is 11.8 Å². The fourth-order valence-corrected chi connectivity index (χ4v) is 6.67. The maximum Gasteiger partial charge on any atom is 0.406 e. The maximum absolute atomic E-state index is 13.1. The van der Waals surface area contributed by atoms with Crippen LogP contribution in [0.1, 0.15) is 45.1 Å². The highest BCUT2D eigenvalue weighted by Gasteiger charge is 2.46. The zero-order chi connectivity index (χ0) is 25.3. The molecule has 3 heterocycles. The molecule has 0 bridgehead atoms. The van der Waals surface area contributed by atoms with Crippen molar-refractivity contribution in [2.24, 2.45) is 5.92 Å². The van der Waals surface area contributed by atoms with E-state index in [9.17, 15) is 27.6 Å². The number of alkyl halides is 3. The molecule has 0 radical (unpaired) electrons. The molecule has 2 fully saturated rings. The summed E-state index contributed by atoms with van der Waals surface area (Å²) in [4.78, 5) is 42.7. The van der Waals surface area contributed by atoms with Gasteiger partial charge in [-0.1, -0.05) is 32.0 Å². The van der Waals surface area contributed by atoms with E-state index < -0.39 is 29.3 Å². The second-order valence-electron chi connectivity index (χ2n) is 9.82. The van der Waals surface area contributed by atoms with E-state index in [0.717, 1.165) is 16.2 Å². The summed E-state index contributed by atoms with van der Waals surface area (Å²) in [5.74, 6) is -0.701. The van der Waals surface area contributed by atoms with Gasteiger partial charge in [0.2, 0.25) is 11.8 Å². The average molecular weight is 513 g/mol. The number of thioether (sulfide) groups is 1. The predicted molar refractivity (Wildman–Crippen MR) is 128 cm³/mol. The van der Waals surface area contributed by atoms with Gasteiger partial charge < -0.3 is 20.0 Å². The van der Waals surface area contributed by atoms with Crippen molar-refractivity contribution in [2.45, 2.75) is 68.9 Å². The van der Waals surface area contributed by atoms with Crippen molar-refractivity contribution >= 4 is 35.3 Å². The lowest BCUT2D eigenvalue weighted by atomic mass is 10.0. The van der Waals surface area contributed by atoms with Crippen LogP contribution in [0, 0.1) is 5.92 Å². The van der Waals surface area contributed by atoms with Crippen molar-refractivity contribution in [1.29, 1.82) is 0 Å². The Balaban J connectivity index is 1.32. The summed E-state index contributed by atoms with van der Waals surface area (Å²) >= 11 is 1.17. The van der Waals surface area contributed by atoms with Crippen LogP contribution in [0.15, 0.2) is 24.3 Å². The number of rotatable bonds is 6. The fraction of sp³-hybridized carbons (Fsp3) is 0.625. The van der Waals surface area contributed by atoms with Gasteiger partial charge in [-0.25, -0.2) is 4.79 Å². The van der Waals surface area contributed by atoms with Crippen molar-refractivity contribution in [2.75, 3.05) is 25.0 Å². The van der Waals surface area contributed by atoms with Crippen molar-refractivity contribution in [1.82, 2.24) is 14.7 Å². The van der Waals surface area contributed by atoms with E-state index in [0.29, 0.717) is 38.9 Å². The number of nitrogens with zero attached hydrogens (tertiary/aromatic N) is 3. The highest BCUT2D eigenvalue weighted by molar-refractivity contribution is 8.01.